The van der Waals surface area contributed by atoms with E-state index < -0.39 is 0 Å². The van der Waals surface area contributed by atoms with E-state index in [2.05, 4.69) is 203 Å². The molecule has 7 aromatic heterocycles. The first kappa shape index (κ1) is 37.6. The molecule has 0 amide bonds. The molecule has 0 N–H and O–H groups in total. The van der Waals surface area contributed by atoms with Crippen LogP contribution < -0.4 is 21.2 Å². The molecule has 0 saturated carbocycles. The summed E-state index contributed by atoms with van der Waals surface area (Å²) in [7, 11) is 0. The van der Waals surface area contributed by atoms with Crippen LogP contribution in [0, 0.1) is 7.14 Å². The monoisotopic (exact) mass is 1050 g/mol. The van der Waals surface area contributed by atoms with Gasteiger partial charge in [0.05, 0.1) is 15.7 Å². The molecule has 10 aromatic carbocycles. The third kappa shape index (κ3) is 4.69. The SMILES string of the molecule is c1ccc2c(c1)[I-]c1ccc3c4ccc5c6cccc(-c7ccc8c(c7)sc7cc9c(cc78)c7ccc8c%10ccccc%10sc8c7n7cc8ccccc8c97)c6sc5c4n4cc5ccccc5c4c3c1-2. The zero-order valence-electron chi connectivity index (χ0n) is 37.0. The van der Waals surface area contributed by atoms with Gasteiger partial charge < -0.3 is 4.40 Å². The minimum absolute atomic E-state index is 0.231. The zero-order chi connectivity index (χ0) is 45.1. The van der Waals surface area contributed by atoms with Crippen LogP contribution in [0.3, 0.4) is 0 Å². The molecule has 6 heteroatoms. The standard InChI is InChI=1S/C64H32IN2S3/c1-3-12-36-34(10-1)31-66-58(36)50-30-55-49(29-48(50)43-23-24-45-39-14-6-8-19-53(39)69-63(45)61(43)66)40-21-20-33(28-54(40)68-55)38-16-9-17-44-46-25-22-42-41-26-27-52-56(47-15-5-7-18-51(47)65-52)57(41)59-37-13-4-2-11-35(37)32-67(59)60(42)64(46)70-62(38)44/h1-32H/q-1. The van der Waals surface area contributed by atoms with Gasteiger partial charge in [-0.3, -0.25) is 0 Å². The number of halogens is 1. The Morgan fingerprint density at radius 2 is 0.914 bits per heavy atom. The number of rotatable bonds is 1. The van der Waals surface area contributed by atoms with Crippen molar-refractivity contribution in [1.29, 1.82) is 0 Å². The molecule has 0 spiro atoms. The van der Waals surface area contributed by atoms with Crippen LogP contribution in [0.15, 0.2) is 194 Å². The van der Waals surface area contributed by atoms with Crippen LogP contribution in [-0.2, 0) is 0 Å². The molecule has 18 rings (SSSR count). The summed E-state index contributed by atoms with van der Waals surface area (Å²) in [5, 5.41) is 21.1. The van der Waals surface area contributed by atoms with Crippen molar-refractivity contribution in [2.45, 2.75) is 0 Å². The predicted octanol–water partition coefficient (Wildman–Crippen LogP) is 16.0. The van der Waals surface area contributed by atoms with Gasteiger partial charge in [0.25, 0.3) is 0 Å². The zero-order valence-corrected chi connectivity index (χ0v) is 41.6. The second-order valence-electron chi connectivity index (χ2n) is 19.1. The van der Waals surface area contributed by atoms with Gasteiger partial charge in [0.2, 0.25) is 0 Å². The van der Waals surface area contributed by atoms with E-state index in [0.717, 1.165) is 0 Å². The van der Waals surface area contributed by atoms with Gasteiger partial charge in [-0.2, -0.15) is 0 Å². The van der Waals surface area contributed by atoms with Crippen molar-refractivity contribution in [2.75, 3.05) is 0 Å². The first-order chi connectivity index (χ1) is 34.7. The van der Waals surface area contributed by atoms with Crippen LogP contribution in [0.1, 0.15) is 0 Å². The summed E-state index contributed by atoms with van der Waals surface area (Å²) in [5.74, 6) is 0. The molecular weight excluding hydrogens is 1020 g/mol. The maximum atomic E-state index is 2.56. The van der Waals surface area contributed by atoms with E-state index in [1.54, 1.807) is 0 Å². The van der Waals surface area contributed by atoms with Crippen LogP contribution in [0.2, 0.25) is 0 Å². The maximum absolute atomic E-state index is 2.56. The average molecular weight is 1050 g/mol. The van der Waals surface area contributed by atoms with Gasteiger partial charge in [-0.1, -0.05) is 60.7 Å². The molecule has 2 nitrogen and oxygen atoms in total. The Morgan fingerprint density at radius 3 is 1.77 bits per heavy atom. The Balaban J connectivity index is 0.876. The fourth-order valence-electron chi connectivity index (χ4n) is 12.6. The summed E-state index contributed by atoms with van der Waals surface area (Å²) in [6, 6.07) is 69.6. The van der Waals surface area contributed by atoms with Crippen molar-refractivity contribution in [2.24, 2.45) is 0 Å². The number of nitrogens with zero attached hydrogens (tertiary/aromatic N) is 2. The van der Waals surface area contributed by atoms with E-state index in [9.17, 15) is 0 Å². The summed E-state index contributed by atoms with van der Waals surface area (Å²) in [6.07, 6.45) is 4.77. The number of aromatic nitrogens is 2. The Bertz CT molecular complexity index is 5290. The molecule has 1 aliphatic heterocycles. The third-order valence-corrected chi connectivity index (χ3v) is 22.2. The molecular formula is C64H32IN2S3-. The van der Waals surface area contributed by atoms with Crippen molar-refractivity contribution >= 4 is 170 Å². The number of pyridine rings is 2. The van der Waals surface area contributed by atoms with Crippen LogP contribution in [0.5, 0.6) is 0 Å². The Morgan fingerprint density at radius 1 is 0.314 bits per heavy atom. The molecule has 0 saturated heterocycles. The van der Waals surface area contributed by atoms with Gasteiger partial charge in [-0.15, -0.1) is 22.7 Å². The van der Waals surface area contributed by atoms with E-state index in [1.165, 1.54) is 166 Å². The molecule has 1 aliphatic rings. The molecule has 0 bridgehead atoms. The Kier molecular flexibility index (Phi) is 7.13. The summed E-state index contributed by atoms with van der Waals surface area (Å²) in [6.45, 7) is 0. The summed E-state index contributed by atoms with van der Waals surface area (Å²) >= 11 is 5.58. The van der Waals surface area contributed by atoms with Crippen LogP contribution in [0.4, 0.5) is 0 Å². The molecule has 70 heavy (non-hydrogen) atoms. The van der Waals surface area contributed by atoms with Crippen molar-refractivity contribution < 1.29 is 21.2 Å². The van der Waals surface area contributed by atoms with Crippen LogP contribution in [-0.4, -0.2) is 8.80 Å². The van der Waals surface area contributed by atoms with Crippen molar-refractivity contribution in [1.82, 2.24) is 8.80 Å². The van der Waals surface area contributed by atoms with Crippen LogP contribution >= 0.6 is 34.0 Å². The fraction of sp³-hybridized carbons (Fsp3) is 0. The topological polar surface area (TPSA) is 8.82 Å². The molecule has 0 fully saturated rings. The summed E-state index contributed by atoms with van der Waals surface area (Å²) < 4.78 is 16.1. The van der Waals surface area contributed by atoms with Crippen molar-refractivity contribution in [3.8, 4) is 22.3 Å². The van der Waals surface area contributed by atoms with E-state index in [-0.39, 0.29) is 21.2 Å². The normalized spacial score (nSPS) is 13.2. The van der Waals surface area contributed by atoms with E-state index in [0.29, 0.717) is 0 Å². The van der Waals surface area contributed by atoms with Gasteiger partial charge >= 0.3 is 234 Å². The van der Waals surface area contributed by atoms with E-state index in [1.807, 2.05) is 34.0 Å². The van der Waals surface area contributed by atoms with Gasteiger partial charge in [0.1, 0.15) is 0 Å². The van der Waals surface area contributed by atoms with Crippen molar-refractivity contribution in [3.05, 3.63) is 202 Å². The number of thiophene rings is 3. The van der Waals surface area contributed by atoms with Crippen LogP contribution in [0.25, 0.3) is 159 Å². The summed E-state index contributed by atoms with van der Waals surface area (Å²) in [5.41, 5.74) is 10.7. The molecule has 8 heterocycles. The molecule has 0 radical (unpaired) electrons. The predicted molar refractivity (Wildman–Crippen MR) is 300 cm³/mol. The molecule has 0 aliphatic carbocycles. The first-order valence-corrected chi connectivity index (χ1v) is 28.4. The molecule has 17 aromatic rings. The number of hydrogen-bond donors (Lipinski definition) is 0. The van der Waals surface area contributed by atoms with Gasteiger partial charge in [-0.05, 0) is 23.6 Å². The second-order valence-corrected chi connectivity index (χ2v) is 25.1. The second kappa shape index (κ2) is 13.3. The van der Waals surface area contributed by atoms with Gasteiger partial charge in [0, 0.05) is 63.4 Å². The fourth-order valence-corrected chi connectivity index (χ4v) is 19.4. The average Bonchev–Trinajstić information content (AvgIpc) is 4.27. The number of benzene rings is 10. The number of hydrogen-bond acceptors (Lipinski definition) is 3. The van der Waals surface area contributed by atoms with Gasteiger partial charge in [0.15, 0.2) is 0 Å². The third-order valence-electron chi connectivity index (χ3n) is 15.6. The number of fused-ring (bicyclic) bond motifs is 31. The molecule has 324 valence electrons. The van der Waals surface area contributed by atoms with Gasteiger partial charge in [-0.25, -0.2) is 0 Å². The van der Waals surface area contributed by atoms with Crippen molar-refractivity contribution in [3.63, 3.8) is 0 Å². The Labute approximate surface area is 420 Å². The van der Waals surface area contributed by atoms with E-state index >= 15 is 0 Å². The summed E-state index contributed by atoms with van der Waals surface area (Å²) in [4.78, 5) is 0. The molecule has 0 unspecified atom stereocenters. The first-order valence-electron chi connectivity index (χ1n) is 23.8. The molecule has 0 atom stereocenters. The Hall–Kier alpha value is -7.33. The minimum atomic E-state index is -0.231. The van der Waals surface area contributed by atoms with E-state index in [4.69, 9.17) is 0 Å². The quantitative estimate of drug-likeness (QED) is 0.114.